The van der Waals surface area contributed by atoms with Gasteiger partial charge in [-0.2, -0.15) is 0 Å². The van der Waals surface area contributed by atoms with E-state index in [9.17, 15) is 0 Å². The molecule has 0 heterocycles. The number of hydrogen-bond donors (Lipinski definition) is 3. The van der Waals surface area contributed by atoms with Gasteiger partial charge in [0.1, 0.15) is 0 Å². The molecule has 5 nitrogen and oxygen atoms in total. The fourth-order valence-corrected chi connectivity index (χ4v) is 1.22. The first kappa shape index (κ1) is 12.3. The molecule has 0 fully saturated rings. The number of halogens is 1. The quantitative estimate of drug-likeness (QED) is 0.531. The molecule has 1 aromatic carbocycles. The molecular weight excluding hydrogens is 226 g/mol. The zero-order valence-electron chi connectivity index (χ0n) is 8.94. The number of guanidine groups is 2. The molecule has 0 aliphatic carbocycles. The third-order valence-electron chi connectivity index (χ3n) is 2.07. The van der Waals surface area contributed by atoms with Crippen LogP contribution in [0.5, 0.6) is 0 Å². The van der Waals surface area contributed by atoms with Crippen LogP contribution in [0.15, 0.2) is 29.3 Å². The Bertz CT molecular complexity index is 415. The van der Waals surface area contributed by atoms with Crippen molar-refractivity contribution < 1.29 is 0 Å². The minimum Gasteiger partial charge on any atom is -0.370 e. The van der Waals surface area contributed by atoms with Crippen LogP contribution in [0.2, 0.25) is 5.02 Å². The largest absolute Gasteiger partial charge is 0.370 e. The third-order valence-corrected chi connectivity index (χ3v) is 2.44. The number of aliphatic imine (C=N–C) groups is 1. The lowest BCUT2D eigenvalue weighted by atomic mass is 10.2. The first-order chi connectivity index (χ1) is 7.52. The van der Waals surface area contributed by atoms with E-state index in [-0.39, 0.29) is 11.9 Å². The molecule has 0 saturated heterocycles. The van der Waals surface area contributed by atoms with Crippen molar-refractivity contribution in [2.24, 2.45) is 16.5 Å². The van der Waals surface area contributed by atoms with Crippen molar-refractivity contribution in [2.45, 2.75) is 6.54 Å². The number of nitrogens with zero attached hydrogens (tertiary/aromatic N) is 2. The molecule has 0 atom stereocenters. The molecule has 0 bridgehead atoms. The van der Waals surface area contributed by atoms with Gasteiger partial charge in [-0.1, -0.05) is 29.8 Å². The molecule has 1 rings (SSSR count). The zero-order valence-corrected chi connectivity index (χ0v) is 9.70. The second-order valence-corrected chi connectivity index (χ2v) is 3.62. The lowest BCUT2D eigenvalue weighted by molar-refractivity contribution is 0.714. The molecule has 0 radical (unpaired) electrons. The zero-order chi connectivity index (χ0) is 12.1. The minimum absolute atomic E-state index is 0.152. The van der Waals surface area contributed by atoms with Gasteiger partial charge in [0.05, 0.1) is 6.54 Å². The Labute approximate surface area is 99.2 Å². The Hall–Kier alpha value is -1.75. The van der Waals surface area contributed by atoms with Crippen molar-refractivity contribution in [3.05, 3.63) is 34.9 Å². The van der Waals surface area contributed by atoms with Gasteiger partial charge in [-0.05, 0) is 11.6 Å². The first-order valence-corrected chi connectivity index (χ1v) is 5.01. The van der Waals surface area contributed by atoms with Gasteiger partial charge in [0, 0.05) is 12.1 Å². The summed E-state index contributed by atoms with van der Waals surface area (Å²) in [6.45, 7) is 0.364. The standard InChI is InChI=1S/C10H14ClN5/c1-16(9(12)13)10(14)15-6-7-4-2-3-5-8(7)11/h2-5H,6H2,1H3,(H3,12,13)(H2,14,15). The van der Waals surface area contributed by atoms with Gasteiger partial charge in [0.25, 0.3) is 0 Å². The lowest BCUT2D eigenvalue weighted by Crippen LogP contribution is -2.42. The first-order valence-electron chi connectivity index (χ1n) is 4.63. The van der Waals surface area contributed by atoms with E-state index in [1.165, 1.54) is 4.90 Å². The monoisotopic (exact) mass is 239 g/mol. The van der Waals surface area contributed by atoms with Gasteiger partial charge in [-0.3, -0.25) is 10.3 Å². The molecule has 86 valence electrons. The summed E-state index contributed by atoms with van der Waals surface area (Å²) < 4.78 is 0. The SMILES string of the molecule is CN(C(=N)N)C(N)=NCc1ccccc1Cl. The fourth-order valence-electron chi connectivity index (χ4n) is 1.02. The van der Waals surface area contributed by atoms with Gasteiger partial charge >= 0.3 is 0 Å². The van der Waals surface area contributed by atoms with Gasteiger partial charge in [0.2, 0.25) is 0 Å². The fraction of sp³-hybridized carbons (Fsp3) is 0.200. The summed E-state index contributed by atoms with van der Waals surface area (Å²) in [4.78, 5) is 5.38. The predicted octanol–water partition coefficient (Wildman–Crippen LogP) is 0.980. The highest BCUT2D eigenvalue weighted by atomic mass is 35.5. The van der Waals surface area contributed by atoms with Crippen LogP contribution < -0.4 is 11.5 Å². The molecule has 5 N–H and O–H groups in total. The van der Waals surface area contributed by atoms with Gasteiger partial charge in [0.15, 0.2) is 11.9 Å². The smallest absolute Gasteiger partial charge is 0.198 e. The summed E-state index contributed by atoms with van der Waals surface area (Å²) in [7, 11) is 1.58. The van der Waals surface area contributed by atoms with Crippen LogP contribution in [0.25, 0.3) is 0 Å². The van der Waals surface area contributed by atoms with Crippen molar-refractivity contribution in [1.82, 2.24) is 4.90 Å². The van der Waals surface area contributed by atoms with Crippen molar-refractivity contribution in [1.29, 1.82) is 5.41 Å². The molecule has 0 aliphatic heterocycles. The summed E-state index contributed by atoms with van der Waals surface area (Å²) in [6, 6.07) is 7.38. The number of rotatable bonds is 2. The van der Waals surface area contributed by atoms with E-state index in [2.05, 4.69) is 4.99 Å². The van der Waals surface area contributed by atoms with Crippen LogP contribution in [0.1, 0.15) is 5.56 Å². The Morgan fingerprint density at radius 1 is 1.44 bits per heavy atom. The molecule has 0 amide bonds. The van der Waals surface area contributed by atoms with Crippen molar-refractivity contribution in [3.8, 4) is 0 Å². The summed E-state index contributed by atoms with van der Waals surface area (Å²) in [5.41, 5.74) is 11.8. The van der Waals surface area contributed by atoms with E-state index in [0.717, 1.165) is 5.56 Å². The maximum Gasteiger partial charge on any atom is 0.198 e. The average Bonchev–Trinajstić information content (AvgIpc) is 2.26. The Morgan fingerprint density at radius 2 is 2.06 bits per heavy atom. The molecule has 0 aromatic heterocycles. The van der Waals surface area contributed by atoms with Crippen molar-refractivity contribution in [2.75, 3.05) is 7.05 Å². The molecule has 1 aromatic rings. The van der Waals surface area contributed by atoms with E-state index >= 15 is 0 Å². The van der Waals surface area contributed by atoms with Crippen LogP contribution in [0.3, 0.4) is 0 Å². The van der Waals surface area contributed by atoms with E-state index < -0.39 is 0 Å². The second kappa shape index (κ2) is 5.37. The Balaban J connectivity index is 2.73. The van der Waals surface area contributed by atoms with Crippen LogP contribution >= 0.6 is 11.6 Å². The van der Waals surface area contributed by atoms with E-state index in [1.54, 1.807) is 13.1 Å². The van der Waals surface area contributed by atoms with Gasteiger partial charge in [-0.15, -0.1) is 0 Å². The summed E-state index contributed by atoms with van der Waals surface area (Å²) in [5, 5.41) is 7.82. The van der Waals surface area contributed by atoms with Crippen LogP contribution in [0, 0.1) is 5.41 Å². The summed E-state index contributed by atoms with van der Waals surface area (Å²) in [6.07, 6.45) is 0. The lowest BCUT2D eigenvalue weighted by Gasteiger charge is -2.15. The van der Waals surface area contributed by atoms with Gasteiger partial charge in [-0.25, -0.2) is 4.99 Å². The van der Waals surface area contributed by atoms with Crippen molar-refractivity contribution in [3.63, 3.8) is 0 Å². The van der Waals surface area contributed by atoms with Crippen LogP contribution in [0.4, 0.5) is 0 Å². The molecule has 0 unspecified atom stereocenters. The number of nitrogens with one attached hydrogen (secondary N) is 1. The predicted molar refractivity (Wildman–Crippen MR) is 66.5 cm³/mol. The third kappa shape index (κ3) is 3.13. The molecule has 0 saturated carbocycles. The van der Waals surface area contributed by atoms with Crippen molar-refractivity contribution >= 4 is 23.5 Å². The summed E-state index contributed by atoms with van der Waals surface area (Å²) >= 11 is 5.96. The maximum atomic E-state index is 7.17. The maximum absolute atomic E-state index is 7.17. The second-order valence-electron chi connectivity index (χ2n) is 3.21. The Kier molecular flexibility index (Phi) is 4.13. The van der Waals surface area contributed by atoms with Crippen LogP contribution in [-0.2, 0) is 6.54 Å². The minimum atomic E-state index is -0.152. The highest BCUT2D eigenvalue weighted by Crippen LogP contribution is 2.15. The van der Waals surface area contributed by atoms with Crippen LogP contribution in [-0.4, -0.2) is 23.9 Å². The number of hydrogen-bond acceptors (Lipinski definition) is 2. The highest BCUT2D eigenvalue weighted by Gasteiger charge is 2.04. The molecule has 0 aliphatic rings. The number of nitrogens with two attached hydrogens (primary N) is 2. The number of benzene rings is 1. The van der Waals surface area contributed by atoms with E-state index in [4.69, 9.17) is 28.5 Å². The molecule has 0 spiro atoms. The molecular formula is C10H14ClN5. The topological polar surface area (TPSA) is 91.5 Å². The summed E-state index contributed by atoms with van der Waals surface area (Å²) in [5.74, 6) is 0.0350. The van der Waals surface area contributed by atoms with E-state index in [0.29, 0.717) is 11.6 Å². The average molecular weight is 240 g/mol. The molecule has 16 heavy (non-hydrogen) atoms. The van der Waals surface area contributed by atoms with E-state index in [1.807, 2.05) is 18.2 Å². The normalized spacial score (nSPS) is 11.2. The van der Waals surface area contributed by atoms with Gasteiger partial charge < -0.3 is 11.5 Å². The molecule has 6 heteroatoms. The Morgan fingerprint density at radius 3 is 2.62 bits per heavy atom. The highest BCUT2D eigenvalue weighted by molar-refractivity contribution is 6.31.